The zero-order valence-electron chi connectivity index (χ0n) is 18.6. The minimum absolute atomic E-state index is 0.0706. The van der Waals surface area contributed by atoms with E-state index in [4.69, 9.17) is 0 Å². The van der Waals surface area contributed by atoms with Gasteiger partial charge < -0.3 is 20.3 Å². The van der Waals surface area contributed by atoms with Crippen molar-refractivity contribution in [1.82, 2.24) is 9.71 Å². The molecule has 4 rings (SSSR count). The quantitative estimate of drug-likeness (QED) is 0.180. The highest BCUT2D eigenvalue weighted by molar-refractivity contribution is 8.20. The Labute approximate surface area is 209 Å². The van der Waals surface area contributed by atoms with Gasteiger partial charge in [-0.15, -0.1) is 0 Å². The summed E-state index contributed by atoms with van der Waals surface area (Å²) in [5.74, 6) is 3.70. The van der Waals surface area contributed by atoms with Gasteiger partial charge in [-0.05, 0) is 59.8 Å². The molecule has 2 heterocycles. The van der Waals surface area contributed by atoms with E-state index in [1.54, 1.807) is 24.3 Å². The Hall–Kier alpha value is -4.16. The van der Waals surface area contributed by atoms with Crippen LogP contribution in [0.25, 0.3) is 10.9 Å². The van der Waals surface area contributed by atoms with E-state index < -0.39 is 22.0 Å². The largest absolute Gasteiger partial charge is 0.508 e. The summed E-state index contributed by atoms with van der Waals surface area (Å²) < 4.78 is 27.6. The molecule has 1 aromatic heterocycles. The summed E-state index contributed by atoms with van der Waals surface area (Å²) in [5.41, 5.74) is 6.95. The standard InChI is InChI=1S/C25H18N2O7S2/c1-14(28)16-5-2-15(3-6-16)4-7-19-8-9-23(35-19)36(33,34)27-21(25(31)32)10-17-13-26-24-20(17)11-18(29)12-22(24)30/h2-3,5-6,11-13,21,26-27,29-30H,10H2,1H3,(H,31,32). The number of aromatic hydroxyl groups is 2. The number of hydrogen-bond donors (Lipinski definition) is 5. The van der Waals surface area contributed by atoms with E-state index in [-0.39, 0.29) is 38.4 Å². The number of H-pyrrole nitrogens is 1. The number of phenolic OH excluding ortho intramolecular Hbond substituents is 2. The monoisotopic (exact) mass is 522 g/mol. The third-order valence-corrected chi connectivity index (χ3v) is 7.98. The molecular weight excluding hydrogens is 504 g/mol. The van der Waals surface area contributed by atoms with Crippen LogP contribution < -0.4 is 4.72 Å². The second-order valence-electron chi connectivity index (χ2n) is 7.77. The number of thioether (sulfide) groups is 1. The Morgan fingerprint density at radius 3 is 2.53 bits per heavy atom. The predicted octanol–water partition coefficient (Wildman–Crippen LogP) is 2.97. The number of Topliss-reactive ketones (excluding diaryl/α,β-unsaturated/α-hetero) is 1. The number of allylic oxidation sites excluding steroid dienone is 1. The van der Waals surface area contributed by atoms with Crippen molar-refractivity contribution in [2.24, 2.45) is 0 Å². The van der Waals surface area contributed by atoms with E-state index in [1.165, 1.54) is 19.2 Å². The zero-order chi connectivity index (χ0) is 26.0. The molecule has 1 unspecified atom stereocenters. The number of ketones is 1. The Bertz CT molecular complexity index is 1680. The number of carbonyl (C=O) groups excluding carboxylic acids is 1. The molecular formula is C25H18N2O7S2. The Morgan fingerprint density at radius 1 is 1.14 bits per heavy atom. The number of sulfonamides is 1. The van der Waals surface area contributed by atoms with Gasteiger partial charge in [-0.3, -0.25) is 9.59 Å². The maximum absolute atomic E-state index is 12.9. The van der Waals surface area contributed by atoms with Gasteiger partial charge in [0.05, 0.1) is 5.52 Å². The molecule has 0 fully saturated rings. The highest BCUT2D eigenvalue weighted by Crippen LogP contribution is 2.33. The first-order valence-electron chi connectivity index (χ1n) is 10.4. The Kier molecular flexibility index (Phi) is 6.82. The van der Waals surface area contributed by atoms with Crippen molar-refractivity contribution in [2.45, 2.75) is 19.4 Å². The van der Waals surface area contributed by atoms with E-state index >= 15 is 0 Å². The van der Waals surface area contributed by atoms with Crippen LogP contribution in [0.4, 0.5) is 0 Å². The molecule has 0 bridgehead atoms. The Balaban J connectivity index is 1.51. The lowest BCUT2D eigenvalue weighted by Crippen LogP contribution is -2.42. The van der Waals surface area contributed by atoms with Gasteiger partial charge in [0.15, 0.2) is 10.0 Å². The molecule has 1 aliphatic heterocycles. The van der Waals surface area contributed by atoms with Crippen molar-refractivity contribution in [1.29, 1.82) is 0 Å². The SMILES string of the molecule is CC(=O)c1ccc(C#CC2=C=C=C(S(=O)(=O)NC(Cc3c[nH]c4c(O)cc(O)cc34)C(=O)O)S2)cc1. The average Bonchev–Trinajstić information content (AvgIpc) is 3.45. The summed E-state index contributed by atoms with van der Waals surface area (Å²) in [5, 5.41) is 29.7. The van der Waals surface area contributed by atoms with Crippen LogP contribution in [0.2, 0.25) is 0 Å². The van der Waals surface area contributed by atoms with Crippen LogP contribution in [-0.2, 0) is 21.2 Å². The van der Waals surface area contributed by atoms with Crippen LogP contribution >= 0.6 is 11.8 Å². The lowest BCUT2D eigenvalue weighted by atomic mass is 10.1. The molecule has 36 heavy (non-hydrogen) atoms. The maximum atomic E-state index is 12.9. The second kappa shape index (κ2) is 9.84. The second-order valence-corrected chi connectivity index (χ2v) is 10.7. The number of hydrogen-bond acceptors (Lipinski definition) is 7. The molecule has 0 aliphatic carbocycles. The third kappa shape index (κ3) is 5.39. The number of rotatable bonds is 7. The summed E-state index contributed by atoms with van der Waals surface area (Å²) in [7, 11) is -4.27. The molecule has 0 amide bonds. The van der Waals surface area contributed by atoms with Crippen LogP contribution in [0, 0.1) is 11.8 Å². The third-order valence-electron chi connectivity index (χ3n) is 5.19. The van der Waals surface area contributed by atoms with Crippen molar-refractivity contribution in [3.63, 3.8) is 0 Å². The average molecular weight is 523 g/mol. The molecule has 9 nitrogen and oxygen atoms in total. The van der Waals surface area contributed by atoms with E-state index in [0.717, 1.165) is 17.8 Å². The van der Waals surface area contributed by atoms with Crippen LogP contribution in [0.15, 0.2) is 63.2 Å². The van der Waals surface area contributed by atoms with E-state index in [1.807, 2.05) is 0 Å². The molecule has 11 heteroatoms. The van der Waals surface area contributed by atoms with Crippen LogP contribution in [0.5, 0.6) is 11.5 Å². The molecule has 0 saturated heterocycles. The molecule has 182 valence electrons. The van der Waals surface area contributed by atoms with Gasteiger partial charge in [-0.1, -0.05) is 18.1 Å². The molecule has 0 saturated carbocycles. The van der Waals surface area contributed by atoms with E-state index in [2.05, 4.69) is 33.0 Å². The van der Waals surface area contributed by atoms with Crippen molar-refractivity contribution < 1.29 is 33.3 Å². The number of carboxylic acids is 1. The number of fused-ring (bicyclic) bond motifs is 1. The van der Waals surface area contributed by atoms with Crippen LogP contribution in [0.1, 0.15) is 28.4 Å². The van der Waals surface area contributed by atoms with Gasteiger partial charge in [0, 0.05) is 35.2 Å². The van der Waals surface area contributed by atoms with Gasteiger partial charge in [-0.25, -0.2) is 8.42 Å². The number of benzene rings is 2. The van der Waals surface area contributed by atoms with Gasteiger partial charge in [-0.2, -0.15) is 4.72 Å². The first-order chi connectivity index (χ1) is 17.0. The minimum Gasteiger partial charge on any atom is -0.508 e. The first-order valence-corrected chi connectivity index (χ1v) is 12.7. The number of nitrogens with one attached hydrogen (secondary N) is 2. The highest BCUT2D eigenvalue weighted by atomic mass is 32.3. The van der Waals surface area contributed by atoms with Gasteiger partial charge in [0.25, 0.3) is 10.0 Å². The number of carbonyl (C=O) groups is 2. The predicted molar refractivity (Wildman–Crippen MR) is 134 cm³/mol. The highest BCUT2D eigenvalue weighted by Gasteiger charge is 2.30. The lowest BCUT2D eigenvalue weighted by Gasteiger charge is -2.14. The van der Waals surface area contributed by atoms with Gasteiger partial charge in [0.1, 0.15) is 22.4 Å². The van der Waals surface area contributed by atoms with E-state index in [0.29, 0.717) is 22.1 Å². The molecule has 0 spiro atoms. The molecule has 5 N–H and O–H groups in total. The topological polar surface area (TPSA) is 157 Å². The fourth-order valence-electron chi connectivity index (χ4n) is 3.41. The summed E-state index contributed by atoms with van der Waals surface area (Å²) in [4.78, 5) is 26.3. The number of aromatic nitrogens is 1. The van der Waals surface area contributed by atoms with Crippen LogP contribution in [-0.4, -0.2) is 46.5 Å². The van der Waals surface area contributed by atoms with E-state index in [9.17, 15) is 33.3 Å². The number of carboxylic acid groups (broad SMARTS) is 1. The summed E-state index contributed by atoms with van der Waals surface area (Å²) in [6, 6.07) is 7.55. The first kappa shape index (κ1) is 24.9. The van der Waals surface area contributed by atoms with Crippen molar-refractivity contribution in [3.8, 4) is 23.3 Å². The van der Waals surface area contributed by atoms with Crippen molar-refractivity contribution in [3.05, 3.63) is 79.9 Å². The summed E-state index contributed by atoms with van der Waals surface area (Å²) >= 11 is 0.781. The molecule has 3 aromatic rings. The Morgan fingerprint density at radius 2 is 1.86 bits per heavy atom. The van der Waals surface area contributed by atoms with Gasteiger partial charge in [0.2, 0.25) is 0 Å². The molecule has 2 aromatic carbocycles. The molecule has 0 radical (unpaired) electrons. The van der Waals surface area contributed by atoms with Crippen molar-refractivity contribution in [2.75, 3.05) is 0 Å². The van der Waals surface area contributed by atoms with Crippen LogP contribution in [0.3, 0.4) is 0 Å². The summed E-state index contributed by atoms with van der Waals surface area (Å²) in [6.45, 7) is 1.46. The summed E-state index contributed by atoms with van der Waals surface area (Å²) in [6.07, 6.45) is 1.19. The number of aliphatic carboxylic acids is 1. The normalized spacial score (nSPS) is 13.6. The fourth-order valence-corrected chi connectivity index (χ4v) is 5.59. The fraction of sp³-hybridized carbons (Fsp3) is 0.120. The number of aromatic amines is 1. The smallest absolute Gasteiger partial charge is 0.322 e. The number of phenols is 2. The molecule has 1 aliphatic rings. The lowest BCUT2D eigenvalue weighted by molar-refractivity contribution is -0.138. The zero-order valence-corrected chi connectivity index (χ0v) is 20.3. The molecule has 1 atom stereocenters. The maximum Gasteiger partial charge on any atom is 0.322 e. The van der Waals surface area contributed by atoms with Crippen molar-refractivity contribution >= 4 is 44.4 Å². The van der Waals surface area contributed by atoms with Gasteiger partial charge >= 0.3 is 5.97 Å². The minimum atomic E-state index is -4.27.